The zero-order chi connectivity index (χ0) is 13.1. The van der Waals surface area contributed by atoms with Crippen LogP contribution in [0.5, 0.6) is 0 Å². The van der Waals surface area contributed by atoms with Gasteiger partial charge in [0, 0.05) is 12.6 Å². The van der Waals surface area contributed by atoms with Gasteiger partial charge in [-0.25, -0.2) is 0 Å². The predicted molar refractivity (Wildman–Crippen MR) is 71.2 cm³/mol. The summed E-state index contributed by atoms with van der Waals surface area (Å²) in [6.07, 6.45) is 4.11. The molecule has 100 valence electrons. The second-order valence-electron chi connectivity index (χ2n) is 4.66. The van der Waals surface area contributed by atoms with Gasteiger partial charge in [-0.05, 0) is 42.3 Å². The number of tetrazole rings is 1. The number of nitrogens with one attached hydrogen (secondary N) is 1. The minimum atomic E-state index is 0.405. The summed E-state index contributed by atoms with van der Waals surface area (Å²) in [4.78, 5) is 0. The lowest BCUT2D eigenvalue weighted by molar-refractivity contribution is 0.00299. The summed E-state index contributed by atoms with van der Waals surface area (Å²) in [5.41, 5.74) is 2.02. The molecule has 1 aliphatic rings. The molecule has 6 heteroatoms. The molecule has 0 bridgehead atoms. The third-order valence-corrected chi connectivity index (χ3v) is 3.36. The molecule has 0 aliphatic heterocycles. The molecule has 6 nitrogen and oxygen atoms in total. The molecule has 1 saturated carbocycles. The molecular formula is C13H17N5O. The highest BCUT2D eigenvalue weighted by Gasteiger charge is 2.29. The van der Waals surface area contributed by atoms with E-state index in [-0.39, 0.29) is 0 Å². The normalized spacial score (nSPS) is 21.9. The van der Waals surface area contributed by atoms with Gasteiger partial charge < -0.3 is 10.1 Å². The van der Waals surface area contributed by atoms with Gasteiger partial charge in [0.2, 0.25) is 0 Å². The fraction of sp³-hybridized carbons (Fsp3) is 0.462. The van der Waals surface area contributed by atoms with Gasteiger partial charge in [0.25, 0.3) is 0 Å². The van der Waals surface area contributed by atoms with Crippen LogP contribution < -0.4 is 5.32 Å². The maximum absolute atomic E-state index is 5.57. The summed E-state index contributed by atoms with van der Waals surface area (Å²) in [5.74, 6) is 0. The molecule has 1 N–H and O–H groups in total. The quantitative estimate of drug-likeness (QED) is 0.884. The van der Waals surface area contributed by atoms with Crippen molar-refractivity contribution < 1.29 is 4.74 Å². The van der Waals surface area contributed by atoms with Crippen molar-refractivity contribution >= 4 is 5.69 Å². The highest BCUT2D eigenvalue weighted by Crippen LogP contribution is 2.29. The van der Waals surface area contributed by atoms with Crippen molar-refractivity contribution in [2.75, 3.05) is 11.9 Å². The Labute approximate surface area is 111 Å². The van der Waals surface area contributed by atoms with Crippen molar-refractivity contribution in [3.05, 3.63) is 30.6 Å². The molecule has 1 fully saturated rings. The van der Waals surface area contributed by atoms with Crippen LogP contribution in [0, 0.1) is 0 Å². The van der Waals surface area contributed by atoms with Gasteiger partial charge in [-0.3, -0.25) is 0 Å². The average molecular weight is 259 g/mol. The number of benzene rings is 1. The number of hydrogen-bond donors (Lipinski definition) is 1. The number of aromatic nitrogens is 4. The first-order chi connectivity index (χ1) is 9.36. The minimum Gasteiger partial charge on any atom is -0.380 e. The summed E-state index contributed by atoms with van der Waals surface area (Å²) in [6, 6.07) is 8.50. The van der Waals surface area contributed by atoms with E-state index in [2.05, 4.69) is 20.8 Å². The molecule has 1 aromatic carbocycles. The molecule has 3 rings (SSSR count). The Balaban J connectivity index is 1.69. The number of nitrogens with zero attached hydrogens (tertiary/aromatic N) is 4. The van der Waals surface area contributed by atoms with E-state index in [1.165, 1.54) is 0 Å². The lowest BCUT2D eigenvalue weighted by Crippen LogP contribution is -2.41. The first kappa shape index (κ1) is 12.1. The van der Waals surface area contributed by atoms with Gasteiger partial charge in [-0.1, -0.05) is 12.1 Å². The second-order valence-corrected chi connectivity index (χ2v) is 4.66. The smallest absolute Gasteiger partial charge is 0.143 e. The maximum atomic E-state index is 5.57. The van der Waals surface area contributed by atoms with Crippen LogP contribution in [0.15, 0.2) is 30.6 Å². The standard InChI is InChI=1S/C13H17N5O/c1-2-19-11-7-10(8-11)15-12-5-3-4-6-13(12)18-9-14-16-17-18/h3-6,9-11,15H,2,7-8H2,1H3. The zero-order valence-corrected chi connectivity index (χ0v) is 10.9. The highest BCUT2D eigenvalue weighted by atomic mass is 16.5. The van der Waals surface area contributed by atoms with Gasteiger partial charge in [-0.15, -0.1) is 5.10 Å². The first-order valence-corrected chi connectivity index (χ1v) is 6.57. The van der Waals surface area contributed by atoms with E-state index in [0.717, 1.165) is 30.8 Å². The van der Waals surface area contributed by atoms with E-state index in [1.54, 1.807) is 11.0 Å². The first-order valence-electron chi connectivity index (χ1n) is 6.57. The van der Waals surface area contributed by atoms with E-state index in [9.17, 15) is 0 Å². The summed E-state index contributed by atoms with van der Waals surface area (Å²) >= 11 is 0. The Kier molecular flexibility index (Phi) is 3.41. The fourth-order valence-electron chi connectivity index (χ4n) is 2.34. The molecule has 19 heavy (non-hydrogen) atoms. The van der Waals surface area contributed by atoms with Crippen molar-refractivity contribution in [2.45, 2.75) is 31.9 Å². The van der Waals surface area contributed by atoms with Crippen LogP contribution in [0.4, 0.5) is 5.69 Å². The highest BCUT2D eigenvalue weighted by molar-refractivity contribution is 5.61. The summed E-state index contributed by atoms with van der Waals surface area (Å²) in [6.45, 7) is 2.83. The second kappa shape index (κ2) is 5.36. The third kappa shape index (κ3) is 2.58. The summed E-state index contributed by atoms with van der Waals surface area (Å²) < 4.78 is 7.24. The van der Waals surface area contributed by atoms with Crippen LogP contribution in [0.25, 0.3) is 5.69 Å². The number of anilines is 1. The molecule has 2 aromatic rings. The van der Waals surface area contributed by atoms with E-state index >= 15 is 0 Å². The Morgan fingerprint density at radius 2 is 2.21 bits per heavy atom. The fourth-order valence-corrected chi connectivity index (χ4v) is 2.34. The molecule has 1 aliphatic carbocycles. The Bertz CT molecular complexity index is 522. The number of rotatable bonds is 5. The molecule has 0 amide bonds. The Hall–Kier alpha value is -1.95. The van der Waals surface area contributed by atoms with Gasteiger partial charge in [0.1, 0.15) is 6.33 Å². The van der Waals surface area contributed by atoms with Crippen LogP contribution in [-0.2, 0) is 4.74 Å². The topological polar surface area (TPSA) is 64.9 Å². The van der Waals surface area contributed by atoms with Crippen LogP contribution in [0.3, 0.4) is 0 Å². The van der Waals surface area contributed by atoms with Crippen molar-refractivity contribution in [1.29, 1.82) is 0 Å². The van der Waals surface area contributed by atoms with E-state index < -0.39 is 0 Å². The molecule has 0 spiro atoms. The van der Waals surface area contributed by atoms with Crippen molar-refractivity contribution in [1.82, 2.24) is 20.2 Å². The number of ether oxygens (including phenoxy) is 1. The van der Waals surface area contributed by atoms with Gasteiger partial charge in [-0.2, -0.15) is 4.68 Å². The van der Waals surface area contributed by atoms with Gasteiger partial charge in [0.05, 0.1) is 17.5 Å². The monoisotopic (exact) mass is 259 g/mol. The van der Waals surface area contributed by atoms with Gasteiger partial charge >= 0.3 is 0 Å². The Morgan fingerprint density at radius 3 is 2.95 bits per heavy atom. The Morgan fingerprint density at radius 1 is 1.37 bits per heavy atom. The third-order valence-electron chi connectivity index (χ3n) is 3.36. The van der Waals surface area contributed by atoms with Crippen molar-refractivity contribution in [2.24, 2.45) is 0 Å². The van der Waals surface area contributed by atoms with Crippen LogP contribution in [0.2, 0.25) is 0 Å². The van der Waals surface area contributed by atoms with Crippen LogP contribution in [-0.4, -0.2) is 39.0 Å². The predicted octanol–water partition coefficient (Wildman–Crippen LogP) is 1.64. The van der Waals surface area contributed by atoms with Crippen molar-refractivity contribution in [3.8, 4) is 5.69 Å². The van der Waals surface area contributed by atoms with E-state index in [0.29, 0.717) is 12.1 Å². The molecule has 0 unspecified atom stereocenters. The van der Waals surface area contributed by atoms with E-state index in [1.807, 2.05) is 31.2 Å². The van der Waals surface area contributed by atoms with E-state index in [4.69, 9.17) is 4.74 Å². The largest absolute Gasteiger partial charge is 0.380 e. The number of hydrogen-bond acceptors (Lipinski definition) is 5. The zero-order valence-electron chi connectivity index (χ0n) is 10.9. The molecule has 1 heterocycles. The van der Waals surface area contributed by atoms with Crippen LogP contribution in [0.1, 0.15) is 19.8 Å². The lowest BCUT2D eigenvalue weighted by Gasteiger charge is -2.36. The SMILES string of the molecule is CCOC1CC(Nc2ccccc2-n2cnnn2)C1. The minimum absolute atomic E-state index is 0.405. The molecule has 1 aromatic heterocycles. The summed E-state index contributed by atoms with van der Waals surface area (Å²) in [5, 5.41) is 14.8. The maximum Gasteiger partial charge on any atom is 0.143 e. The van der Waals surface area contributed by atoms with Crippen LogP contribution >= 0.6 is 0 Å². The lowest BCUT2D eigenvalue weighted by atomic mass is 9.89. The van der Waals surface area contributed by atoms with Crippen molar-refractivity contribution in [3.63, 3.8) is 0 Å². The molecule has 0 atom stereocenters. The van der Waals surface area contributed by atoms with Gasteiger partial charge in [0.15, 0.2) is 0 Å². The molecule has 0 radical (unpaired) electrons. The molecule has 0 saturated heterocycles. The molecular weight excluding hydrogens is 242 g/mol. The number of para-hydroxylation sites is 2. The average Bonchev–Trinajstić information content (AvgIpc) is 2.91. The summed E-state index contributed by atoms with van der Waals surface area (Å²) in [7, 11) is 0.